The maximum absolute atomic E-state index is 11.8. The summed E-state index contributed by atoms with van der Waals surface area (Å²) in [7, 11) is 2.02. The van der Waals surface area contributed by atoms with Crippen LogP contribution in [0.5, 0.6) is 0 Å². The molecular formula is C13H25F3N2O. The van der Waals surface area contributed by atoms with Crippen LogP contribution in [0.25, 0.3) is 0 Å². The van der Waals surface area contributed by atoms with Gasteiger partial charge < -0.3 is 15.0 Å². The minimum Gasteiger partial charge on any atom is -0.372 e. The van der Waals surface area contributed by atoms with E-state index in [1.54, 1.807) is 0 Å². The van der Waals surface area contributed by atoms with Crippen molar-refractivity contribution in [3.63, 3.8) is 0 Å². The molecule has 0 aliphatic carbocycles. The SMILES string of the molecule is CN(CCCOCC(F)(F)F)CCC1CCNCC1. The zero-order valence-electron chi connectivity index (χ0n) is 11.6. The summed E-state index contributed by atoms with van der Waals surface area (Å²) in [5.41, 5.74) is 0. The summed E-state index contributed by atoms with van der Waals surface area (Å²) >= 11 is 0. The molecule has 0 spiro atoms. The summed E-state index contributed by atoms with van der Waals surface area (Å²) in [4.78, 5) is 2.18. The molecule has 1 fully saturated rings. The van der Waals surface area contributed by atoms with Crippen LogP contribution >= 0.6 is 0 Å². The van der Waals surface area contributed by atoms with E-state index in [1.807, 2.05) is 7.05 Å². The predicted octanol–water partition coefficient (Wildman–Crippen LogP) is 2.28. The molecule has 0 aromatic rings. The van der Waals surface area contributed by atoms with E-state index >= 15 is 0 Å². The number of nitrogens with one attached hydrogen (secondary N) is 1. The van der Waals surface area contributed by atoms with Crippen molar-refractivity contribution in [3.8, 4) is 0 Å². The minimum absolute atomic E-state index is 0.178. The molecule has 1 saturated heterocycles. The van der Waals surface area contributed by atoms with Crippen molar-refractivity contribution < 1.29 is 17.9 Å². The maximum Gasteiger partial charge on any atom is 0.411 e. The molecule has 0 amide bonds. The molecule has 0 aromatic heterocycles. The van der Waals surface area contributed by atoms with Crippen molar-refractivity contribution in [2.45, 2.75) is 31.9 Å². The van der Waals surface area contributed by atoms with Crippen LogP contribution in [-0.2, 0) is 4.74 Å². The van der Waals surface area contributed by atoms with E-state index in [9.17, 15) is 13.2 Å². The van der Waals surface area contributed by atoms with Crippen molar-refractivity contribution in [2.24, 2.45) is 5.92 Å². The standard InChI is InChI=1S/C13H25F3N2O/c1-18(8-2-10-19-11-13(14,15)16)9-5-12-3-6-17-7-4-12/h12,17H,2-11H2,1H3. The number of piperidine rings is 1. The molecule has 0 aromatic carbocycles. The summed E-state index contributed by atoms with van der Waals surface area (Å²) in [5.74, 6) is 0.796. The lowest BCUT2D eigenvalue weighted by Gasteiger charge is -2.25. The fourth-order valence-corrected chi connectivity index (χ4v) is 2.31. The first-order chi connectivity index (χ1) is 8.97. The highest BCUT2D eigenvalue weighted by atomic mass is 19.4. The van der Waals surface area contributed by atoms with Crippen molar-refractivity contribution in [1.82, 2.24) is 10.2 Å². The van der Waals surface area contributed by atoms with Gasteiger partial charge in [0.1, 0.15) is 6.61 Å². The van der Waals surface area contributed by atoms with Gasteiger partial charge in [-0.3, -0.25) is 0 Å². The zero-order chi connectivity index (χ0) is 14.1. The Labute approximate surface area is 113 Å². The average molecular weight is 282 g/mol. The fraction of sp³-hybridized carbons (Fsp3) is 1.00. The van der Waals surface area contributed by atoms with Crippen molar-refractivity contribution in [2.75, 3.05) is 46.4 Å². The Morgan fingerprint density at radius 1 is 1.21 bits per heavy atom. The number of ether oxygens (including phenoxy) is 1. The zero-order valence-corrected chi connectivity index (χ0v) is 11.6. The normalized spacial score (nSPS) is 18.2. The Bertz CT molecular complexity index is 230. The predicted molar refractivity (Wildman–Crippen MR) is 69.2 cm³/mol. The second kappa shape index (κ2) is 8.76. The molecule has 114 valence electrons. The summed E-state index contributed by atoms with van der Waals surface area (Å²) in [5, 5.41) is 3.34. The molecule has 0 bridgehead atoms. The van der Waals surface area contributed by atoms with Crippen LogP contribution in [0.15, 0.2) is 0 Å². The third-order valence-corrected chi connectivity index (χ3v) is 3.47. The first kappa shape index (κ1) is 16.7. The maximum atomic E-state index is 11.8. The number of hydrogen-bond donors (Lipinski definition) is 1. The van der Waals surface area contributed by atoms with Crippen molar-refractivity contribution >= 4 is 0 Å². The van der Waals surface area contributed by atoms with Gasteiger partial charge in [0.15, 0.2) is 0 Å². The average Bonchev–Trinajstić information content (AvgIpc) is 2.36. The second-order valence-corrected chi connectivity index (χ2v) is 5.31. The van der Waals surface area contributed by atoms with E-state index in [4.69, 9.17) is 0 Å². The van der Waals surface area contributed by atoms with Gasteiger partial charge in [0.25, 0.3) is 0 Å². The first-order valence-electron chi connectivity index (χ1n) is 7.01. The number of nitrogens with zero attached hydrogens (tertiary/aromatic N) is 1. The summed E-state index contributed by atoms with van der Waals surface area (Å²) in [6.45, 7) is 3.08. The van der Waals surface area contributed by atoms with Gasteiger partial charge >= 0.3 is 6.18 Å². The van der Waals surface area contributed by atoms with E-state index in [0.29, 0.717) is 6.42 Å². The summed E-state index contributed by atoms with van der Waals surface area (Å²) < 4.78 is 40.1. The number of halogens is 3. The lowest BCUT2D eigenvalue weighted by atomic mass is 9.94. The molecule has 1 aliphatic heterocycles. The van der Waals surface area contributed by atoms with Crippen LogP contribution in [0.1, 0.15) is 25.7 Å². The van der Waals surface area contributed by atoms with E-state index in [0.717, 1.165) is 32.1 Å². The molecule has 1 aliphatic rings. The lowest BCUT2D eigenvalue weighted by Crippen LogP contribution is -2.30. The smallest absolute Gasteiger partial charge is 0.372 e. The van der Waals surface area contributed by atoms with E-state index < -0.39 is 12.8 Å². The quantitative estimate of drug-likeness (QED) is 0.691. The van der Waals surface area contributed by atoms with E-state index in [-0.39, 0.29) is 6.61 Å². The van der Waals surface area contributed by atoms with Gasteiger partial charge in [0.05, 0.1) is 0 Å². The van der Waals surface area contributed by atoms with E-state index in [2.05, 4.69) is 15.0 Å². The highest BCUT2D eigenvalue weighted by Crippen LogP contribution is 2.16. The fourth-order valence-electron chi connectivity index (χ4n) is 2.31. The molecule has 1 rings (SSSR count). The second-order valence-electron chi connectivity index (χ2n) is 5.31. The van der Waals surface area contributed by atoms with Crippen LogP contribution in [0.3, 0.4) is 0 Å². The molecule has 19 heavy (non-hydrogen) atoms. The molecule has 0 radical (unpaired) electrons. The van der Waals surface area contributed by atoms with Crippen LogP contribution in [0.4, 0.5) is 13.2 Å². The Hall–Kier alpha value is -0.330. The minimum atomic E-state index is -4.21. The topological polar surface area (TPSA) is 24.5 Å². The van der Waals surface area contributed by atoms with Gasteiger partial charge in [-0.25, -0.2) is 0 Å². The Morgan fingerprint density at radius 2 is 1.89 bits per heavy atom. The summed E-state index contributed by atoms with van der Waals surface area (Å²) in [6.07, 6.45) is 0.104. The first-order valence-corrected chi connectivity index (χ1v) is 7.01. The highest BCUT2D eigenvalue weighted by Gasteiger charge is 2.27. The molecule has 0 atom stereocenters. The molecule has 6 heteroatoms. The van der Waals surface area contributed by atoms with Gasteiger partial charge in [0.2, 0.25) is 0 Å². The lowest BCUT2D eigenvalue weighted by molar-refractivity contribution is -0.174. The molecule has 1 N–H and O–H groups in total. The van der Waals surface area contributed by atoms with Gasteiger partial charge in [-0.15, -0.1) is 0 Å². The van der Waals surface area contributed by atoms with Crippen LogP contribution in [-0.4, -0.2) is 57.5 Å². The van der Waals surface area contributed by atoms with Crippen LogP contribution in [0.2, 0.25) is 0 Å². The highest BCUT2D eigenvalue weighted by molar-refractivity contribution is 4.69. The Balaban J connectivity index is 1.94. The molecule has 0 unspecified atom stereocenters. The van der Waals surface area contributed by atoms with Gasteiger partial charge in [-0.1, -0.05) is 0 Å². The van der Waals surface area contributed by atoms with Gasteiger partial charge in [0, 0.05) is 13.2 Å². The number of rotatable bonds is 8. The van der Waals surface area contributed by atoms with Crippen molar-refractivity contribution in [3.05, 3.63) is 0 Å². The largest absolute Gasteiger partial charge is 0.411 e. The van der Waals surface area contributed by atoms with Gasteiger partial charge in [-0.2, -0.15) is 13.2 Å². The molecular weight excluding hydrogens is 257 g/mol. The third-order valence-electron chi connectivity index (χ3n) is 3.47. The molecule has 3 nitrogen and oxygen atoms in total. The van der Waals surface area contributed by atoms with Gasteiger partial charge in [-0.05, 0) is 58.3 Å². The molecule has 1 heterocycles. The Morgan fingerprint density at radius 3 is 2.53 bits per heavy atom. The van der Waals surface area contributed by atoms with Crippen LogP contribution < -0.4 is 5.32 Å². The third kappa shape index (κ3) is 9.24. The monoisotopic (exact) mass is 282 g/mol. The van der Waals surface area contributed by atoms with Crippen LogP contribution in [0, 0.1) is 5.92 Å². The number of hydrogen-bond acceptors (Lipinski definition) is 3. The van der Waals surface area contributed by atoms with Crippen molar-refractivity contribution in [1.29, 1.82) is 0 Å². The molecule has 0 saturated carbocycles. The Kier molecular flexibility index (Phi) is 7.71. The van der Waals surface area contributed by atoms with E-state index in [1.165, 1.54) is 19.3 Å². The number of alkyl halides is 3. The summed E-state index contributed by atoms with van der Waals surface area (Å²) in [6, 6.07) is 0.